The van der Waals surface area contributed by atoms with Crippen LogP contribution in [-0.4, -0.2) is 16.1 Å². The van der Waals surface area contributed by atoms with Crippen LogP contribution in [0.1, 0.15) is 12.0 Å². The average Bonchev–Trinajstić information content (AvgIpc) is 2.15. The molecule has 1 aromatic rings. The molecule has 4 heteroatoms. The van der Waals surface area contributed by atoms with Crippen LogP contribution in [0.3, 0.4) is 0 Å². The third kappa shape index (κ3) is 3.71. The second-order valence-electron chi connectivity index (χ2n) is 2.92. The molecule has 0 aliphatic rings. The molecule has 0 fully saturated rings. The summed E-state index contributed by atoms with van der Waals surface area (Å²) in [4.78, 5) is 14.2. The van der Waals surface area contributed by atoms with E-state index in [-0.39, 0.29) is 0 Å². The Bertz CT molecular complexity index is 333. The first-order chi connectivity index (χ1) is 6.68. The van der Waals surface area contributed by atoms with Crippen molar-refractivity contribution >= 4 is 5.97 Å². The van der Waals surface area contributed by atoms with Gasteiger partial charge in [-0.3, -0.25) is 4.98 Å². The van der Waals surface area contributed by atoms with Gasteiger partial charge in [0, 0.05) is 24.2 Å². The van der Waals surface area contributed by atoms with Crippen molar-refractivity contribution in [3.63, 3.8) is 0 Å². The monoisotopic (exact) mass is 192 g/mol. The molecule has 0 bridgehead atoms. The number of carboxylic acid groups (broad SMARTS) is 1. The number of aromatic nitrogens is 1. The Kier molecular flexibility index (Phi) is 3.67. The molecule has 1 rings (SSSR count). The second kappa shape index (κ2) is 5.01. The number of carbonyl (C=O) groups is 1. The number of nitrogens with two attached hydrogens (primary N) is 1. The Hall–Kier alpha value is -1.84. The number of allylic oxidation sites excluding steroid dienone is 1. The summed E-state index contributed by atoms with van der Waals surface area (Å²) in [5, 5.41) is 8.41. The zero-order valence-corrected chi connectivity index (χ0v) is 7.68. The number of hydrogen-bond donors (Lipinski definition) is 2. The van der Waals surface area contributed by atoms with Crippen molar-refractivity contribution in [3.05, 3.63) is 41.9 Å². The molecule has 0 amide bonds. The molecule has 0 saturated carbocycles. The fourth-order valence-electron chi connectivity index (χ4n) is 1.07. The second-order valence-corrected chi connectivity index (χ2v) is 2.92. The molecule has 1 heterocycles. The fraction of sp³-hybridized carbons (Fsp3) is 0.200. The standard InChI is InChI=1S/C10H12N2O2/c11-9(6-10(13)14)4-3-8-2-1-5-12-7-8/h1-2,5-7H,3-4,11H2,(H,13,14)/b9-6-. The molecule has 14 heavy (non-hydrogen) atoms. The Morgan fingerprint density at radius 2 is 2.43 bits per heavy atom. The van der Waals surface area contributed by atoms with Gasteiger partial charge in [-0.2, -0.15) is 0 Å². The van der Waals surface area contributed by atoms with Crippen LogP contribution in [0.4, 0.5) is 0 Å². The molecule has 1 aromatic heterocycles. The van der Waals surface area contributed by atoms with Crippen molar-refractivity contribution in [3.8, 4) is 0 Å². The molecule has 0 aromatic carbocycles. The summed E-state index contributed by atoms with van der Waals surface area (Å²) in [6, 6.07) is 3.77. The Labute approximate surface area is 82.1 Å². The van der Waals surface area contributed by atoms with Crippen LogP contribution in [0, 0.1) is 0 Å². The predicted octanol–water partition coefficient (Wildman–Crippen LogP) is 0.941. The van der Waals surface area contributed by atoms with E-state index in [1.54, 1.807) is 12.4 Å². The van der Waals surface area contributed by atoms with Crippen molar-refractivity contribution < 1.29 is 9.90 Å². The Balaban J connectivity index is 2.45. The summed E-state index contributed by atoms with van der Waals surface area (Å²) in [6.45, 7) is 0. The van der Waals surface area contributed by atoms with Crippen LogP contribution in [-0.2, 0) is 11.2 Å². The minimum atomic E-state index is -1.01. The van der Waals surface area contributed by atoms with Gasteiger partial charge in [-0.25, -0.2) is 4.79 Å². The maximum Gasteiger partial charge on any atom is 0.330 e. The molecule has 4 nitrogen and oxygen atoms in total. The highest BCUT2D eigenvalue weighted by molar-refractivity contribution is 5.80. The topological polar surface area (TPSA) is 76.2 Å². The normalized spacial score (nSPS) is 11.3. The molecule has 0 unspecified atom stereocenters. The number of aliphatic carboxylic acids is 1. The van der Waals surface area contributed by atoms with Gasteiger partial charge in [0.1, 0.15) is 0 Å². The molecule has 0 saturated heterocycles. The van der Waals surface area contributed by atoms with Gasteiger partial charge < -0.3 is 10.8 Å². The molecule has 3 N–H and O–H groups in total. The van der Waals surface area contributed by atoms with Gasteiger partial charge in [0.25, 0.3) is 0 Å². The lowest BCUT2D eigenvalue weighted by atomic mass is 10.1. The van der Waals surface area contributed by atoms with Crippen LogP contribution in [0.15, 0.2) is 36.3 Å². The van der Waals surface area contributed by atoms with E-state index in [0.29, 0.717) is 18.5 Å². The zero-order valence-electron chi connectivity index (χ0n) is 7.68. The van der Waals surface area contributed by atoms with E-state index >= 15 is 0 Å². The molecular formula is C10H12N2O2. The summed E-state index contributed by atoms with van der Waals surface area (Å²) in [6.07, 6.45) is 5.71. The van der Waals surface area contributed by atoms with Gasteiger partial charge in [0.15, 0.2) is 0 Å². The van der Waals surface area contributed by atoms with Gasteiger partial charge in [-0.1, -0.05) is 6.07 Å². The molecule has 0 atom stereocenters. The van der Waals surface area contributed by atoms with Crippen LogP contribution >= 0.6 is 0 Å². The highest BCUT2D eigenvalue weighted by Gasteiger charge is 1.97. The van der Waals surface area contributed by atoms with Crippen molar-refractivity contribution in [2.45, 2.75) is 12.8 Å². The Morgan fingerprint density at radius 1 is 1.64 bits per heavy atom. The Morgan fingerprint density at radius 3 is 3.00 bits per heavy atom. The first-order valence-corrected chi connectivity index (χ1v) is 4.26. The van der Waals surface area contributed by atoms with Crippen LogP contribution in [0.5, 0.6) is 0 Å². The third-order valence-electron chi connectivity index (χ3n) is 1.73. The van der Waals surface area contributed by atoms with Crippen LogP contribution < -0.4 is 5.73 Å². The van der Waals surface area contributed by atoms with E-state index < -0.39 is 5.97 Å². The minimum absolute atomic E-state index is 0.376. The first-order valence-electron chi connectivity index (χ1n) is 4.26. The number of aryl methyl sites for hydroxylation is 1. The molecule has 0 aliphatic heterocycles. The molecule has 0 spiro atoms. The first kappa shape index (κ1) is 10.2. The summed E-state index contributed by atoms with van der Waals surface area (Å²) < 4.78 is 0. The third-order valence-corrected chi connectivity index (χ3v) is 1.73. The fourth-order valence-corrected chi connectivity index (χ4v) is 1.07. The lowest BCUT2D eigenvalue weighted by Crippen LogP contribution is -2.03. The summed E-state index contributed by atoms with van der Waals surface area (Å²) in [5.41, 5.74) is 6.91. The van der Waals surface area contributed by atoms with Crippen LogP contribution in [0.25, 0.3) is 0 Å². The van der Waals surface area contributed by atoms with E-state index in [1.165, 1.54) is 0 Å². The van der Waals surface area contributed by atoms with E-state index in [0.717, 1.165) is 11.6 Å². The summed E-state index contributed by atoms with van der Waals surface area (Å²) >= 11 is 0. The number of pyridine rings is 1. The van der Waals surface area contributed by atoms with Crippen molar-refractivity contribution in [1.29, 1.82) is 0 Å². The van der Waals surface area contributed by atoms with Gasteiger partial charge >= 0.3 is 5.97 Å². The number of hydrogen-bond acceptors (Lipinski definition) is 3. The van der Waals surface area contributed by atoms with Crippen molar-refractivity contribution in [2.75, 3.05) is 0 Å². The molecular weight excluding hydrogens is 180 g/mol. The molecule has 74 valence electrons. The zero-order chi connectivity index (χ0) is 10.4. The van der Waals surface area contributed by atoms with E-state index in [9.17, 15) is 4.79 Å². The largest absolute Gasteiger partial charge is 0.478 e. The highest BCUT2D eigenvalue weighted by Crippen LogP contribution is 2.03. The quantitative estimate of drug-likeness (QED) is 0.696. The maximum absolute atomic E-state index is 10.3. The minimum Gasteiger partial charge on any atom is -0.478 e. The van der Waals surface area contributed by atoms with Gasteiger partial charge in [-0.15, -0.1) is 0 Å². The number of carboxylic acids is 1. The summed E-state index contributed by atoms with van der Waals surface area (Å²) in [7, 11) is 0. The van der Waals surface area contributed by atoms with Gasteiger partial charge in [0.05, 0.1) is 0 Å². The van der Waals surface area contributed by atoms with E-state index in [2.05, 4.69) is 4.98 Å². The lowest BCUT2D eigenvalue weighted by molar-refractivity contribution is -0.131. The number of nitrogens with zero attached hydrogens (tertiary/aromatic N) is 1. The van der Waals surface area contributed by atoms with Crippen molar-refractivity contribution in [1.82, 2.24) is 4.98 Å². The van der Waals surface area contributed by atoms with Crippen molar-refractivity contribution in [2.24, 2.45) is 5.73 Å². The predicted molar refractivity (Wildman–Crippen MR) is 52.5 cm³/mol. The molecule has 0 radical (unpaired) electrons. The SMILES string of the molecule is N/C(=C\C(=O)O)CCc1cccnc1. The number of rotatable bonds is 4. The average molecular weight is 192 g/mol. The van der Waals surface area contributed by atoms with Gasteiger partial charge in [-0.05, 0) is 24.5 Å². The van der Waals surface area contributed by atoms with Gasteiger partial charge in [0.2, 0.25) is 0 Å². The molecule has 0 aliphatic carbocycles. The van der Waals surface area contributed by atoms with E-state index in [4.69, 9.17) is 10.8 Å². The summed E-state index contributed by atoms with van der Waals surface area (Å²) in [5.74, 6) is -1.01. The van der Waals surface area contributed by atoms with E-state index in [1.807, 2.05) is 12.1 Å². The van der Waals surface area contributed by atoms with Crippen LogP contribution in [0.2, 0.25) is 0 Å². The highest BCUT2D eigenvalue weighted by atomic mass is 16.4. The lowest BCUT2D eigenvalue weighted by Gasteiger charge is -2.00. The maximum atomic E-state index is 10.3. The smallest absolute Gasteiger partial charge is 0.330 e.